The van der Waals surface area contributed by atoms with E-state index < -0.39 is 0 Å². The Morgan fingerprint density at radius 3 is 2.79 bits per heavy atom. The lowest BCUT2D eigenvalue weighted by atomic mass is 10.2. The summed E-state index contributed by atoms with van der Waals surface area (Å²) in [6.45, 7) is 1.20. The summed E-state index contributed by atoms with van der Waals surface area (Å²) >= 11 is 2.67. The number of amides is 1. The van der Waals surface area contributed by atoms with E-state index >= 15 is 0 Å². The van der Waals surface area contributed by atoms with E-state index in [2.05, 4.69) is 9.88 Å². The first-order valence-corrected chi connectivity index (χ1v) is 8.76. The molecule has 5 nitrogen and oxygen atoms in total. The summed E-state index contributed by atoms with van der Waals surface area (Å²) in [6, 6.07) is 11.7. The number of fused-ring (bicyclic) bond motifs is 1. The summed E-state index contributed by atoms with van der Waals surface area (Å²) in [4.78, 5) is 13.6. The standard InChI is InChI=1S/C16H16N4OS2.HI/c17-16(18)23-14-10-20(12-5-2-1-4-11(12)14)8-7-19-15(21)13-6-3-9-22-13;/h1-6,9-10H,7-8H2,(H3,17,18)(H,19,21);1H. The molecule has 2 aromatic heterocycles. The maximum Gasteiger partial charge on any atom is 0.261 e. The normalized spacial score (nSPS) is 10.3. The lowest BCUT2D eigenvalue weighted by Gasteiger charge is -2.06. The Labute approximate surface area is 165 Å². The van der Waals surface area contributed by atoms with Crippen molar-refractivity contribution in [1.29, 1.82) is 5.41 Å². The zero-order valence-corrected chi connectivity index (χ0v) is 16.7. The van der Waals surface area contributed by atoms with Crippen LogP contribution < -0.4 is 11.1 Å². The molecular formula is C16H17IN4OS2. The van der Waals surface area contributed by atoms with E-state index in [0.29, 0.717) is 13.1 Å². The minimum atomic E-state index is -0.0465. The zero-order valence-electron chi connectivity index (χ0n) is 12.7. The van der Waals surface area contributed by atoms with Crippen LogP contribution in [0.4, 0.5) is 0 Å². The molecule has 0 aliphatic carbocycles. The molecule has 0 atom stereocenters. The number of halogens is 1. The van der Waals surface area contributed by atoms with Crippen LogP contribution in [0.25, 0.3) is 10.9 Å². The molecule has 0 saturated carbocycles. The highest BCUT2D eigenvalue weighted by molar-refractivity contribution is 14.0. The van der Waals surface area contributed by atoms with Crippen LogP contribution in [0.3, 0.4) is 0 Å². The van der Waals surface area contributed by atoms with Gasteiger partial charge in [-0.25, -0.2) is 0 Å². The molecule has 2 heterocycles. The summed E-state index contributed by atoms with van der Waals surface area (Å²) in [6.07, 6.45) is 1.98. The Kier molecular flexibility index (Phi) is 6.69. The quantitative estimate of drug-likeness (QED) is 0.229. The van der Waals surface area contributed by atoms with E-state index in [4.69, 9.17) is 11.1 Å². The fraction of sp³-hybridized carbons (Fsp3) is 0.125. The molecule has 0 bridgehead atoms. The molecule has 0 aliphatic heterocycles. The summed E-state index contributed by atoms with van der Waals surface area (Å²) in [5.41, 5.74) is 6.57. The topological polar surface area (TPSA) is 83.9 Å². The van der Waals surface area contributed by atoms with Crippen molar-refractivity contribution in [2.75, 3.05) is 6.54 Å². The van der Waals surface area contributed by atoms with Gasteiger partial charge in [-0.2, -0.15) is 0 Å². The maximum atomic E-state index is 12.0. The van der Waals surface area contributed by atoms with Gasteiger partial charge in [-0.05, 0) is 17.5 Å². The van der Waals surface area contributed by atoms with Crippen molar-refractivity contribution in [3.8, 4) is 0 Å². The van der Waals surface area contributed by atoms with Crippen LogP contribution in [-0.4, -0.2) is 22.2 Å². The van der Waals surface area contributed by atoms with Crippen molar-refractivity contribution < 1.29 is 4.79 Å². The van der Waals surface area contributed by atoms with Crippen LogP contribution in [-0.2, 0) is 6.54 Å². The van der Waals surface area contributed by atoms with Gasteiger partial charge in [0.25, 0.3) is 5.91 Å². The molecule has 1 amide bonds. The number of benzene rings is 1. The molecule has 4 N–H and O–H groups in total. The third-order valence-electron chi connectivity index (χ3n) is 3.36. The Balaban J connectivity index is 0.00000208. The third-order valence-corrected chi connectivity index (χ3v) is 4.99. The van der Waals surface area contributed by atoms with Crippen molar-refractivity contribution in [2.45, 2.75) is 11.4 Å². The maximum absolute atomic E-state index is 12.0. The van der Waals surface area contributed by atoms with Gasteiger partial charge in [-0.3, -0.25) is 10.2 Å². The van der Waals surface area contributed by atoms with Crippen molar-refractivity contribution in [3.05, 3.63) is 52.9 Å². The van der Waals surface area contributed by atoms with Crippen LogP contribution in [0.1, 0.15) is 9.67 Å². The van der Waals surface area contributed by atoms with E-state index in [1.54, 1.807) is 0 Å². The van der Waals surface area contributed by atoms with Crippen LogP contribution in [0.15, 0.2) is 52.9 Å². The second kappa shape index (κ2) is 8.54. The average Bonchev–Trinajstić information content (AvgIpc) is 3.16. The van der Waals surface area contributed by atoms with E-state index in [1.807, 2.05) is 48.0 Å². The number of thioether (sulfide) groups is 1. The number of amidine groups is 1. The zero-order chi connectivity index (χ0) is 16.2. The smallest absolute Gasteiger partial charge is 0.261 e. The molecule has 8 heteroatoms. The van der Waals surface area contributed by atoms with Gasteiger partial charge in [-0.15, -0.1) is 35.3 Å². The molecule has 24 heavy (non-hydrogen) atoms. The van der Waals surface area contributed by atoms with Gasteiger partial charge < -0.3 is 15.6 Å². The number of carbonyl (C=O) groups is 1. The third kappa shape index (κ3) is 4.31. The summed E-state index contributed by atoms with van der Waals surface area (Å²) in [7, 11) is 0. The predicted octanol–water partition coefficient (Wildman–Crippen LogP) is 3.74. The molecule has 0 unspecified atom stereocenters. The van der Waals surface area contributed by atoms with Gasteiger partial charge >= 0.3 is 0 Å². The summed E-state index contributed by atoms with van der Waals surface area (Å²) in [5, 5.41) is 13.4. The number of para-hydroxylation sites is 1. The second-order valence-corrected chi connectivity index (χ2v) is 6.93. The molecule has 0 aliphatic rings. The van der Waals surface area contributed by atoms with Crippen LogP contribution in [0.2, 0.25) is 0 Å². The fourth-order valence-electron chi connectivity index (χ4n) is 2.38. The SMILES string of the molecule is I.N=C(N)Sc1cn(CCNC(=O)c2cccs2)c2ccccc12. The molecule has 0 spiro atoms. The Hall–Kier alpha value is -1.52. The number of nitrogens with two attached hydrogens (primary N) is 1. The number of rotatable bonds is 5. The fourth-order valence-corrected chi connectivity index (χ4v) is 3.72. The number of thiophene rings is 1. The summed E-state index contributed by atoms with van der Waals surface area (Å²) in [5.74, 6) is -0.0465. The monoisotopic (exact) mass is 472 g/mol. The first kappa shape index (κ1) is 18.8. The van der Waals surface area contributed by atoms with Crippen molar-refractivity contribution in [1.82, 2.24) is 9.88 Å². The minimum absolute atomic E-state index is 0. The minimum Gasteiger partial charge on any atom is -0.378 e. The number of carbonyl (C=O) groups excluding carboxylic acids is 1. The van der Waals surface area contributed by atoms with Gasteiger partial charge in [0.05, 0.1) is 4.88 Å². The van der Waals surface area contributed by atoms with Crippen LogP contribution in [0.5, 0.6) is 0 Å². The van der Waals surface area contributed by atoms with Gasteiger partial charge in [-0.1, -0.05) is 36.0 Å². The number of nitrogens with one attached hydrogen (secondary N) is 2. The lowest BCUT2D eigenvalue weighted by Crippen LogP contribution is -2.26. The van der Waals surface area contributed by atoms with Gasteiger partial charge in [0.1, 0.15) is 0 Å². The number of hydrogen-bond acceptors (Lipinski definition) is 4. The molecule has 3 aromatic rings. The number of aromatic nitrogens is 1. The molecule has 0 saturated heterocycles. The number of nitrogens with zero attached hydrogens (tertiary/aromatic N) is 1. The Bertz CT molecular complexity index is 845. The Morgan fingerprint density at radius 1 is 1.29 bits per heavy atom. The van der Waals surface area contributed by atoms with E-state index in [9.17, 15) is 4.79 Å². The van der Waals surface area contributed by atoms with E-state index in [0.717, 1.165) is 20.7 Å². The summed E-state index contributed by atoms with van der Waals surface area (Å²) < 4.78 is 2.08. The highest BCUT2D eigenvalue weighted by Crippen LogP contribution is 2.29. The van der Waals surface area contributed by atoms with Gasteiger partial charge in [0, 0.05) is 35.1 Å². The molecule has 3 rings (SSSR count). The van der Waals surface area contributed by atoms with Crippen LogP contribution in [0, 0.1) is 5.41 Å². The van der Waals surface area contributed by atoms with Crippen LogP contribution >= 0.6 is 47.1 Å². The number of hydrogen-bond donors (Lipinski definition) is 3. The highest BCUT2D eigenvalue weighted by Gasteiger charge is 2.10. The molecule has 0 radical (unpaired) electrons. The second-order valence-electron chi connectivity index (χ2n) is 4.90. The van der Waals surface area contributed by atoms with Gasteiger partial charge in [0.2, 0.25) is 0 Å². The van der Waals surface area contributed by atoms with E-state index in [-0.39, 0.29) is 35.1 Å². The van der Waals surface area contributed by atoms with Gasteiger partial charge in [0.15, 0.2) is 5.17 Å². The first-order valence-electron chi connectivity index (χ1n) is 7.06. The molecule has 0 fully saturated rings. The molecule has 1 aromatic carbocycles. The van der Waals surface area contributed by atoms with Crippen molar-refractivity contribution >= 4 is 69.1 Å². The Morgan fingerprint density at radius 2 is 2.08 bits per heavy atom. The predicted molar refractivity (Wildman–Crippen MR) is 112 cm³/mol. The van der Waals surface area contributed by atoms with Crippen molar-refractivity contribution in [3.63, 3.8) is 0 Å². The lowest BCUT2D eigenvalue weighted by molar-refractivity contribution is 0.0956. The largest absolute Gasteiger partial charge is 0.378 e. The molecular weight excluding hydrogens is 455 g/mol. The molecule has 126 valence electrons. The van der Waals surface area contributed by atoms with Crippen molar-refractivity contribution in [2.24, 2.45) is 5.73 Å². The first-order chi connectivity index (χ1) is 11.1. The average molecular weight is 472 g/mol. The highest BCUT2D eigenvalue weighted by atomic mass is 127. The van der Waals surface area contributed by atoms with E-state index in [1.165, 1.54) is 23.1 Å².